The monoisotopic (exact) mass is 361 g/mol. The summed E-state index contributed by atoms with van der Waals surface area (Å²) in [5, 5.41) is 0. The van der Waals surface area contributed by atoms with E-state index in [4.69, 9.17) is 0 Å². The first-order chi connectivity index (χ1) is 12.5. The molecule has 0 aromatic heterocycles. The Hall–Kier alpha value is -2.85. The molecule has 0 fully saturated rings. The Morgan fingerprint density at radius 1 is 0.769 bits per heavy atom. The van der Waals surface area contributed by atoms with Crippen molar-refractivity contribution in [3.8, 4) is 11.1 Å². The van der Waals surface area contributed by atoms with E-state index < -0.39 is 10.0 Å². The van der Waals surface area contributed by atoms with Crippen LogP contribution in [0.15, 0.2) is 77.8 Å². The Morgan fingerprint density at radius 2 is 1.42 bits per heavy atom. The summed E-state index contributed by atoms with van der Waals surface area (Å²) in [5.74, 6) is 0. The lowest BCUT2D eigenvalue weighted by Crippen LogP contribution is -2.18. The third kappa shape index (κ3) is 2.72. The summed E-state index contributed by atoms with van der Waals surface area (Å²) in [6.07, 6.45) is 1.62. The number of benzene rings is 3. The zero-order chi connectivity index (χ0) is 18.3. The molecule has 3 aromatic carbocycles. The van der Waals surface area contributed by atoms with E-state index in [1.54, 1.807) is 30.5 Å². The molecule has 0 heterocycles. The Kier molecular flexibility index (Phi) is 3.93. The van der Waals surface area contributed by atoms with Crippen LogP contribution in [0.5, 0.6) is 0 Å². The number of sulfonamides is 1. The average molecular weight is 361 g/mol. The first-order valence-electron chi connectivity index (χ1n) is 8.46. The number of aryl methyl sites for hydroxylation is 2. The van der Waals surface area contributed by atoms with Crippen molar-refractivity contribution < 1.29 is 8.42 Å². The van der Waals surface area contributed by atoms with Crippen molar-refractivity contribution in [1.29, 1.82) is 0 Å². The SMILES string of the molecule is Cc1ccc(S(=O)(=O)NC=C2c3ccccc3-c3cccc(C)c32)cc1. The average Bonchev–Trinajstić information content (AvgIpc) is 2.96. The van der Waals surface area contributed by atoms with Gasteiger partial charge in [-0.2, -0.15) is 0 Å². The van der Waals surface area contributed by atoms with Gasteiger partial charge in [0.1, 0.15) is 0 Å². The number of nitrogens with one attached hydrogen (secondary N) is 1. The molecular formula is C22H19NO2S. The van der Waals surface area contributed by atoms with Gasteiger partial charge in [0.25, 0.3) is 10.0 Å². The molecule has 3 aromatic rings. The molecule has 1 aliphatic carbocycles. The van der Waals surface area contributed by atoms with Gasteiger partial charge < -0.3 is 0 Å². The maximum atomic E-state index is 12.7. The van der Waals surface area contributed by atoms with Gasteiger partial charge in [-0.15, -0.1) is 0 Å². The molecule has 0 unspecified atom stereocenters. The minimum absolute atomic E-state index is 0.260. The lowest BCUT2D eigenvalue weighted by Gasteiger charge is -2.09. The van der Waals surface area contributed by atoms with E-state index in [1.165, 1.54) is 0 Å². The number of hydrogen-bond donors (Lipinski definition) is 1. The minimum atomic E-state index is -3.61. The molecule has 26 heavy (non-hydrogen) atoms. The molecular weight excluding hydrogens is 342 g/mol. The van der Waals surface area contributed by atoms with Gasteiger partial charge in [-0.25, -0.2) is 8.42 Å². The number of rotatable bonds is 3. The molecule has 0 atom stereocenters. The quantitative estimate of drug-likeness (QED) is 0.577. The van der Waals surface area contributed by atoms with E-state index >= 15 is 0 Å². The van der Waals surface area contributed by atoms with Crippen molar-refractivity contribution in [3.63, 3.8) is 0 Å². The predicted molar refractivity (Wildman–Crippen MR) is 105 cm³/mol. The van der Waals surface area contributed by atoms with Crippen LogP contribution in [0.4, 0.5) is 0 Å². The third-order valence-corrected chi connectivity index (χ3v) is 6.06. The summed E-state index contributed by atoms with van der Waals surface area (Å²) in [4.78, 5) is 0.260. The number of fused-ring (bicyclic) bond motifs is 3. The number of hydrogen-bond acceptors (Lipinski definition) is 2. The molecule has 1 aliphatic rings. The van der Waals surface area contributed by atoms with Gasteiger partial charge in [0.2, 0.25) is 0 Å². The van der Waals surface area contributed by atoms with Crippen molar-refractivity contribution in [2.45, 2.75) is 18.7 Å². The molecule has 0 bridgehead atoms. The second-order valence-electron chi connectivity index (χ2n) is 6.54. The molecule has 0 aliphatic heterocycles. The minimum Gasteiger partial charge on any atom is -0.286 e. The first kappa shape index (κ1) is 16.6. The van der Waals surface area contributed by atoms with Crippen molar-refractivity contribution in [2.75, 3.05) is 0 Å². The molecule has 0 spiro atoms. The zero-order valence-electron chi connectivity index (χ0n) is 14.7. The Bertz CT molecular complexity index is 1130. The summed E-state index contributed by atoms with van der Waals surface area (Å²) in [6.45, 7) is 3.98. The molecule has 0 amide bonds. The standard InChI is InChI=1S/C22H19NO2S/c1-15-10-12-17(13-11-15)26(24,25)23-14-21-19-8-4-3-7-18(19)20-9-5-6-16(2)22(20)21/h3-14,23H,1-2H3. The van der Waals surface area contributed by atoms with Gasteiger partial charge >= 0.3 is 0 Å². The van der Waals surface area contributed by atoms with Crippen LogP contribution in [-0.4, -0.2) is 8.42 Å². The van der Waals surface area contributed by atoms with Gasteiger partial charge in [-0.1, -0.05) is 60.2 Å². The highest BCUT2D eigenvalue weighted by atomic mass is 32.2. The lowest BCUT2D eigenvalue weighted by atomic mass is 10.0. The first-order valence-corrected chi connectivity index (χ1v) is 9.94. The fraction of sp³-hybridized carbons (Fsp3) is 0.0909. The van der Waals surface area contributed by atoms with Gasteiger partial charge in [0, 0.05) is 11.8 Å². The van der Waals surface area contributed by atoms with E-state index in [0.29, 0.717) is 0 Å². The highest BCUT2D eigenvalue weighted by Crippen LogP contribution is 2.45. The molecule has 0 saturated heterocycles. The Labute approximate surface area is 154 Å². The van der Waals surface area contributed by atoms with E-state index in [2.05, 4.69) is 16.9 Å². The zero-order valence-corrected chi connectivity index (χ0v) is 15.5. The van der Waals surface area contributed by atoms with E-state index in [-0.39, 0.29) is 4.90 Å². The highest BCUT2D eigenvalue weighted by molar-refractivity contribution is 7.89. The normalized spacial score (nSPS) is 14.2. The van der Waals surface area contributed by atoms with Gasteiger partial charge in [-0.3, -0.25) is 4.72 Å². The summed E-state index contributed by atoms with van der Waals surface area (Å²) in [6, 6.07) is 21.1. The molecule has 4 heteroatoms. The molecule has 4 rings (SSSR count). The van der Waals surface area contributed by atoms with Crippen LogP contribution in [0, 0.1) is 13.8 Å². The van der Waals surface area contributed by atoms with Crippen LogP contribution < -0.4 is 4.72 Å². The maximum Gasteiger partial charge on any atom is 0.261 e. The smallest absolute Gasteiger partial charge is 0.261 e. The molecule has 3 nitrogen and oxygen atoms in total. The second kappa shape index (κ2) is 6.15. The maximum absolute atomic E-state index is 12.7. The fourth-order valence-electron chi connectivity index (χ4n) is 3.41. The van der Waals surface area contributed by atoms with E-state index in [9.17, 15) is 8.42 Å². The lowest BCUT2D eigenvalue weighted by molar-refractivity contribution is 0.590. The molecule has 0 radical (unpaired) electrons. The fourth-order valence-corrected chi connectivity index (χ4v) is 4.31. The van der Waals surface area contributed by atoms with Crippen LogP contribution in [0.3, 0.4) is 0 Å². The topological polar surface area (TPSA) is 46.2 Å². The van der Waals surface area contributed by atoms with Crippen molar-refractivity contribution in [2.24, 2.45) is 0 Å². The van der Waals surface area contributed by atoms with Gasteiger partial charge in [0.05, 0.1) is 4.90 Å². The largest absolute Gasteiger partial charge is 0.286 e. The molecule has 1 N–H and O–H groups in total. The Balaban J connectivity index is 1.79. The van der Waals surface area contributed by atoms with E-state index in [1.807, 2.05) is 44.2 Å². The summed E-state index contributed by atoms with van der Waals surface area (Å²) >= 11 is 0. The van der Waals surface area contributed by atoms with Crippen molar-refractivity contribution >= 4 is 15.6 Å². The van der Waals surface area contributed by atoms with Gasteiger partial charge in [0.15, 0.2) is 0 Å². The second-order valence-corrected chi connectivity index (χ2v) is 8.25. The van der Waals surface area contributed by atoms with Crippen molar-refractivity contribution in [1.82, 2.24) is 4.72 Å². The summed E-state index contributed by atoms with van der Waals surface area (Å²) in [7, 11) is -3.61. The van der Waals surface area contributed by atoms with Crippen LogP contribution in [-0.2, 0) is 10.0 Å². The molecule has 0 saturated carbocycles. The predicted octanol–water partition coefficient (Wildman–Crippen LogP) is 4.65. The van der Waals surface area contributed by atoms with Crippen LogP contribution >= 0.6 is 0 Å². The van der Waals surface area contributed by atoms with Crippen LogP contribution in [0.1, 0.15) is 22.3 Å². The van der Waals surface area contributed by atoms with Crippen LogP contribution in [0.25, 0.3) is 16.7 Å². The molecule has 130 valence electrons. The van der Waals surface area contributed by atoms with Gasteiger partial charge in [-0.05, 0) is 53.8 Å². The Morgan fingerprint density at radius 3 is 2.15 bits per heavy atom. The van der Waals surface area contributed by atoms with Crippen molar-refractivity contribution in [3.05, 3.63) is 95.2 Å². The van der Waals surface area contributed by atoms with E-state index in [0.717, 1.165) is 39.0 Å². The van der Waals surface area contributed by atoms with Crippen LogP contribution in [0.2, 0.25) is 0 Å². The highest BCUT2D eigenvalue weighted by Gasteiger charge is 2.25. The third-order valence-electron chi connectivity index (χ3n) is 4.74. The summed E-state index contributed by atoms with van der Waals surface area (Å²) < 4.78 is 28.0. The summed E-state index contributed by atoms with van der Waals surface area (Å²) in [5.41, 5.74) is 7.46.